The van der Waals surface area contributed by atoms with Crippen LogP contribution >= 0.6 is 0 Å². The summed E-state index contributed by atoms with van der Waals surface area (Å²) in [5, 5.41) is 0. The molecule has 3 rings (SSSR count). The lowest BCUT2D eigenvalue weighted by atomic mass is 9.96. The molecule has 0 amide bonds. The van der Waals surface area contributed by atoms with Crippen molar-refractivity contribution in [2.75, 3.05) is 0 Å². The van der Waals surface area contributed by atoms with Gasteiger partial charge in [-0.3, -0.25) is 0 Å². The van der Waals surface area contributed by atoms with Crippen molar-refractivity contribution in [3.05, 3.63) is 58.6 Å². The highest BCUT2D eigenvalue weighted by Crippen LogP contribution is 2.29. The van der Waals surface area contributed by atoms with Crippen LogP contribution in [-0.4, -0.2) is 15.0 Å². The van der Waals surface area contributed by atoms with Gasteiger partial charge in [-0.2, -0.15) is 8.96 Å². The summed E-state index contributed by atoms with van der Waals surface area (Å²) in [7, 11) is 1.87. The van der Waals surface area contributed by atoms with Gasteiger partial charge in [-0.15, -0.1) is 0 Å². The van der Waals surface area contributed by atoms with Crippen LogP contribution in [-0.2, 0) is 7.05 Å². The first-order chi connectivity index (χ1) is 13.6. The summed E-state index contributed by atoms with van der Waals surface area (Å²) in [4.78, 5) is 13.8. The van der Waals surface area contributed by atoms with Crippen LogP contribution in [0.1, 0.15) is 67.9 Å². The van der Waals surface area contributed by atoms with Gasteiger partial charge in [-0.1, -0.05) is 39.3 Å². The number of benzene rings is 1. The van der Waals surface area contributed by atoms with Crippen LogP contribution in [0.5, 0.6) is 0 Å². The van der Waals surface area contributed by atoms with Crippen molar-refractivity contribution >= 4 is 0 Å². The van der Waals surface area contributed by atoms with Crippen LogP contribution in [0.4, 0.5) is 4.39 Å². The minimum absolute atomic E-state index is 0.171. The molecule has 0 spiro atoms. The zero-order valence-corrected chi connectivity index (χ0v) is 18.6. The van der Waals surface area contributed by atoms with Crippen molar-refractivity contribution in [1.29, 1.82) is 0 Å². The summed E-state index contributed by atoms with van der Waals surface area (Å²) in [6.45, 7) is 14.3. The fourth-order valence-corrected chi connectivity index (χ4v) is 3.47. The summed E-state index contributed by atoms with van der Waals surface area (Å²) >= 11 is 0. The molecule has 0 fully saturated rings. The maximum absolute atomic E-state index is 15.4. The second kappa shape index (κ2) is 7.97. The monoisotopic (exact) mass is 393 g/mol. The van der Waals surface area contributed by atoms with E-state index in [9.17, 15) is 0 Å². The quantitative estimate of drug-likeness (QED) is 0.562. The Bertz CT molecular complexity index is 1020. The second-order valence-corrected chi connectivity index (χ2v) is 8.48. The van der Waals surface area contributed by atoms with Gasteiger partial charge in [-0.05, 0) is 44.0 Å². The molecule has 0 atom stereocenters. The zero-order valence-electron chi connectivity index (χ0n) is 18.6. The molecule has 3 aromatic rings. The molecule has 4 nitrogen and oxygen atoms in total. The lowest BCUT2D eigenvalue weighted by Gasteiger charge is -2.12. The van der Waals surface area contributed by atoms with Gasteiger partial charge in [0.05, 0.1) is 11.1 Å². The molecule has 2 heterocycles. The Kier molecular flexibility index (Phi) is 5.78. The molecule has 0 unspecified atom stereocenters. The molecule has 0 radical (unpaired) electrons. The van der Waals surface area contributed by atoms with Crippen molar-refractivity contribution in [2.24, 2.45) is 7.05 Å². The highest BCUT2D eigenvalue weighted by atomic mass is 19.1. The maximum Gasteiger partial charge on any atom is 0.248 e. The number of halogens is 1. The Morgan fingerprint density at radius 3 is 1.97 bits per heavy atom. The van der Waals surface area contributed by atoms with E-state index in [0.29, 0.717) is 17.1 Å². The van der Waals surface area contributed by atoms with E-state index in [-0.39, 0.29) is 17.7 Å². The molecule has 0 saturated heterocycles. The topological polar surface area (TPSA) is 42.6 Å². The largest absolute Gasteiger partial charge is 0.248 e. The van der Waals surface area contributed by atoms with E-state index in [1.807, 2.05) is 37.7 Å². The number of pyridine rings is 1. The van der Waals surface area contributed by atoms with Gasteiger partial charge < -0.3 is 0 Å². The Hall–Kier alpha value is -2.69. The first-order valence-corrected chi connectivity index (χ1v) is 10.1. The van der Waals surface area contributed by atoms with E-state index < -0.39 is 0 Å². The molecular weight excluding hydrogens is 363 g/mol. The van der Waals surface area contributed by atoms with Gasteiger partial charge in [0, 0.05) is 11.8 Å². The van der Waals surface area contributed by atoms with E-state index in [0.717, 1.165) is 33.9 Å². The van der Waals surface area contributed by atoms with Crippen molar-refractivity contribution in [3.63, 3.8) is 0 Å². The Labute approximate surface area is 172 Å². The van der Waals surface area contributed by atoms with E-state index in [1.165, 1.54) is 6.07 Å². The van der Waals surface area contributed by atoms with Gasteiger partial charge in [0.25, 0.3) is 0 Å². The van der Waals surface area contributed by atoms with E-state index in [1.54, 1.807) is 0 Å². The lowest BCUT2D eigenvalue weighted by Crippen LogP contribution is -2.32. The van der Waals surface area contributed by atoms with E-state index in [2.05, 4.69) is 55.6 Å². The van der Waals surface area contributed by atoms with Gasteiger partial charge in [0.15, 0.2) is 17.8 Å². The number of aromatic nitrogens is 4. The van der Waals surface area contributed by atoms with Gasteiger partial charge >= 0.3 is 0 Å². The van der Waals surface area contributed by atoms with Crippen molar-refractivity contribution in [1.82, 2.24) is 15.0 Å². The molecule has 2 aromatic heterocycles. The van der Waals surface area contributed by atoms with Gasteiger partial charge in [0.1, 0.15) is 18.7 Å². The Balaban J connectivity index is 2.19. The average molecular weight is 394 g/mol. The third-order valence-electron chi connectivity index (χ3n) is 5.22. The predicted molar refractivity (Wildman–Crippen MR) is 114 cm³/mol. The lowest BCUT2D eigenvalue weighted by molar-refractivity contribution is -0.661. The molecule has 152 valence electrons. The van der Waals surface area contributed by atoms with Crippen LogP contribution in [0.25, 0.3) is 22.6 Å². The number of aryl methyl sites for hydroxylation is 3. The first-order valence-electron chi connectivity index (χ1n) is 10.1. The zero-order chi connectivity index (χ0) is 21.5. The van der Waals surface area contributed by atoms with Crippen molar-refractivity contribution < 1.29 is 8.96 Å². The summed E-state index contributed by atoms with van der Waals surface area (Å²) in [6, 6.07) is 5.70. The number of nitrogens with zero attached hydrogens (tertiary/aromatic N) is 4. The third kappa shape index (κ3) is 4.19. The maximum atomic E-state index is 15.4. The minimum atomic E-state index is -0.282. The number of hydrogen-bond acceptors (Lipinski definition) is 3. The molecule has 1 aromatic carbocycles. The molecule has 0 aliphatic carbocycles. The molecule has 0 saturated carbocycles. The predicted octanol–water partition coefficient (Wildman–Crippen LogP) is 5.34. The van der Waals surface area contributed by atoms with Gasteiger partial charge in [0.2, 0.25) is 5.69 Å². The molecule has 0 bridgehead atoms. The molecule has 0 aliphatic heterocycles. The number of hydrogen-bond donors (Lipinski definition) is 0. The fraction of sp³-hybridized carbons (Fsp3) is 0.417. The highest BCUT2D eigenvalue weighted by molar-refractivity contribution is 5.66. The standard InChI is InChI=1S/C24H30FN4/c1-13(2)22-26-23(14(3)4)28-24(27-22)18-11-20(25)21(29(8)12-18)19-10-15(5)9-16(6)17(19)7/h9-14H,1-8H3/q+1. The van der Waals surface area contributed by atoms with Crippen molar-refractivity contribution in [3.8, 4) is 22.6 Å². The third-order valence-corrected chi connectivity index (χ3v) is 5.22. The SMILES string of the molecule is Cc1cc(C)c(C)c(-c2c(F)cc(-c3nc(C(C)C)nc(C(C)C)n3)c[n+]2C)c1. The van der Waals surface area contributed by atoms with Crippen LogP contribution in [0, 0.1) is 26.6 Å². The van der Waals surface area contributed by atoms with Crippen LogP contribution < -0.4 is 4.57 Å². The van der Waals surface area contributed by atoms with Crippen molar-refractivity contribution in [2.45, 2.75) is 60.3 Å². The van der Waals surface area contributed by atoms with E-state index in [4.69, 9.17) is 0 Å². The minimum Gasteiger partial charge on any atom is -0.217 e. The second-order valence-electron chi connectivity index (χ2n) is 8.48. The molecular formula is C24H30FN4+. The van der Waals surface area contributed by atoms with Gasteiger partial charge in [-0.25, -0.2) is 15.0 Å². The fourth-order valence-electron chi connectivity index (χ4n) is 3.47. The highest BCUT2D eigenvalue weighted by Gasteiger charge is 2.23. The Morgan fingerprint density at radius 2 is 1.45 bits per heavy atom. The number of rotatable bonds is 4. The summed E-state index contributed by atoms with van der Waals surface area (Å²) in [6.07, 6.45) is 1.90. The molecule has 0 aliphatic rings. The Morgan fingerprint density at radius 1 is 0.862 bits per heavy atom. The average Bonchev–Trinajstić information content (AvgIpc) is 2.64. The summed E-state index contributed by atoms with van der Waals surface area (Å²) in [5.74, 6) is 2.04. The van der Waals surface area contributed by atoms with Crippen LogP contribution in [0.15, 0.2) is 24.4 Å². The first kappa shape index (κ1) is 21.0. The molecule has 5 heteroatoms. The van der Waals surface area contributed by atoms with E-state index >= 15 is 4.39 Å². The molecule has 0 N–H and O–H groups in total. The van der Waals surface area contributed by atoms with Crippen LogP contribution in [0.3, 0.4) is 0 Å². The molecule has 29 heavy (non-hydrogen) atoms. The smallest absolute Gasteiger partial charge is 0.217 e. The summed E-state index contributed by atoms with van der Waals surface area (Å²) in [5.41, 5.74) is 5.50. The van der Waals surface area contributed by atoms with Crippen LogP contribution in [0.2, 0.25) is 0 Å². The normalized spacial score (nSPS) is 11.6. The summed E-state index contributed by atoms with van der Waals surface area (Å²) < 4.78 is 17.2.